The minimum absolute atomic E-state index is 0.225. The largest absolute Gasteiger partial charge is 0.487 e. The smallest absolute Gasteiger partial charge is 0.165 e. The molecule has 1 aliphatic heterocycles. The highest BCUT2D eigenvalue weighted by Crippen LogP contribution is 2.34. The van der Waals surface area contributed by atoms with Gasteiger partial charge in [0, 0.05) is 42.2 Å². The van der Waals surface area contributed by atoms with Crippen LogP contribution in [0.25, 0.3) is 10.9 Å². The molecular formula is C16H19FN2O. The van der Waals surface area contributed by atoms with Gasteiger partial charge in [0.15, 0.2) is 11.6 Å². The molecule has 3 nitrogen and oxygen atoms in total. The Morgan fingerprint density at radius 3 is 2.85 bits per heavy atom. The van der Waals surface area contributed by atoms with Crippen LogP contribution in [0.15, 0.2) is 12.1 Å². The van der Waals surface area contributed by atoms with Crippen molar-refractivity contribution in [3.05, 3.63) is 29.2 Å². The Morgan fingerprint density at radius 2 is 2.05 bits per heavy atom. The minimum Gasteiger partial charge on any atom is -0.487 e. The van der Waals surface area contributed by atoms with E-state index in [1.165, 1.54) is 11.3 Å². The van der Waals surface area contributed by atoms with E-state index < -0.39 is 0 Å². The fraction of sp³-hybridized carbons (Fsp3) is 0.500. The lowest BCUT2D eigenvalue weighted by molar-refractivity contribution is 0.288. The number of rotatable bonds is 2. The van der Waals surface area contributed by atoms with Crippen molar-refractivity contribution in [1.82, 2.24) is 9.88 Å². The van der Waals surface area contributed by atoms with E-state index in [0.29, 0.717) is 5.75 Å². The van der Waals surface area contributed by atoms with E-state index >= 15 is 0 Å². The predicted molar refractivity (Wildman–Crippen MR) is 76.8 cm³/mol. The van der Waals surface area contributed by atoms with Crippen LogP contribution in [0.2, 0.25) is 0 Å². The van der Waals surface area contributed by atoms with E-state index in [0.717, 1.165) is 49.7 Å². The molecule has 2 aromatic rings. The van der Waals surface area contributed by atoms with Crippen molar-refractivity contribution >= 4 is 10.9 Å². The van der Waals surface area contributed by atoms with Crippen LogP contribution in [0, 0.1) is 5.82 Å². The molecule has 4 heteroatoms. The lowest BCUT2D eigenvalue weighted by Crippen LogP contribution is -2.21. The molecule has 4 rings (SSSR count). The summed E-state index contributed by atoms with van der Waals surface area (Å²) < 4.78 is 19.8. The zero-order valence-electron chi connectivity index (χ0n) is 11.7. The summed E-state index contributed by atoms with van der Waals surface area (Å²) in [5.74, 6) is 0.164. The standard InChI is InChI=1S/C16H19FN2O/c1-19-6-4-11-12-8-13(17)16(20-10-2-3-10)9-15(12)18-14(11)5-7-19/h8-10,18H,2-7H2,1H3. The highest BCUT2D eigenvalue weighted by atomic mass is 19.1. The third-order valence-electron chi connectivity index (χ3n) is 4.35. The third kappa shape index (κ3) is 2.08. The molecule has 1 aliphatic carbocycles. The molecule has 1 N–H and O–H groups in total. The van der Waals surface area contributed by atoms with Crippen LogP contribution < -0.4 is 4.74 Å². The van der Waals surface area contributed by atoms with E-state index in [4.69, 9.17) is 4.74 Å². The normalized spacial score (nSPS) is 19.9. The Morgan fingerprint density at radius 1 is 1.25 bits per heavy atom. The monoisotopic (exact) mass is 274 g/mol. The van der Waals surface area contributed by atoms with Crippen molar-refractivity contribution in [1.29, 1.82) is 0 Å². The molecule has 0 radical (unpaired) electrons. The van der Waals surface area contributed by atoms with E-state index in [9.17, 15) is 4.39 Å². The molecule has 0 spiro atoms. The Kier molecular flexibility index (Phi) is 2.74. The Balaban J connectivity index is 1.77. The summed E-state index contributed by atoms with van der Waals surface area (Å²) in [5.41, 5.74) is 3.55. The number of aromatic nitrogens is 1. The maximum absolute atomic E-state index is 14.2. The summed E-state index contributed by atoms with van der Waals surface area (Å²) in [6.07, 6.45) is 4.30. The zero-order chi connectivity index (χ0) is 13.7. The van der Waals surface area contributed by atoms with Gasteiger partial charge in [-0.2, -0.15) is 0 Å². The van der Waals surface area contributed by atoms with Gasteiger partial charge in [-0.25, -0.2) is 4.39 Å². The van der Waals surface area contributed by atoms with Gasteiger partial charge in [0.1, 0.15) is 0 Å². The number of ether oxygens (including phenoxy) is 1. The predicted octanol–water partition coefficient (Wildman–Crippen LogP) is 2.88. The van der Waals surface area contributed by atoms with Crippen LogP contribution in [-0.4, -0.2) is 36.1 Å². The van der Waals surface area contributed by atoms with Gasteiger partial charge in [0.2, 0.25) is 0 Å². The SMILES string of the molecule is CN1CCc2[nH]c3cc(OC4CC4)c(F)cc3c2CC1. The van der Waals surface area contributed by atoms with Gasteiger partial charge in [-0.05, 0) is 37.9 Å². The number of hydrogen-bond acceptors (Lipinski definition) is 2. The maximum Gasteiger partial charge on any atom is 0.165 e. The van der Waals surface area contributed by atoms with Crippen LogP contribution in [0.4, 0.5) is 4.39 Å². The van der Waals surface area contributed by atoms with Gasteiger partial charge in [0.05, 0.1) is 6.10 Å². The molecule has 1 aromatic heterocycles. The summed E-state index contributed by atoms with van der Waals surface area (Å²) in [6, 6.07) is 3.48. The second-order valence-electron chi connectivity index (χ2n) is 6.03. The van der Waals surface area contributed by atoms with Crippen molar-refractivity contribution in [2.45, 2.75) is 31.8 Å². The number of nitrogens with zero attached hydrogens (tertiary/aromatic N) is 1. The lowest BCUT2D eigenvalue weighted by Gasteiger charge is -2.11. The zero-order valence-corrected chi connectivity index (χ0v) is 11.7. The van der Waals surface area contributed by atoms with Gasteiger partial charge in [-0.15, -0.1) is 0 Å². The molecular weight excluding hydrogens is 255 g/mol. The summed E-state index contributed by atoms with van der Waals surface area (Å²) in [5, 5.41) is 1.02. The quantitative estimate of drug-likeness (QED) is 0.912. The van der Waals surface area contributed by atoms with E-state index in [1.54, 1.807) is 6.07 Å². The first kappa shape index (κ1) is 12.2. The number of fused-ring (bicyclic) bond motifs is 3. The number of benzene rings is 1. The van der Waals surface area contributed by atoms with Crippen LogP contribution in [0.1, 0.15) is 24.1 Å². The molecule has 1 aromatic carbocycles. The molecule has 2 heterocycles. The molecule has 20 heavy (non-hydrogen) atoms. The molecule has 2 aliphatic rings. The Bertz CT molecular complexity index is 660. The van der Waals surface area contributed by atoms with Crippen LogP contribution in [0.3, 0.4) is 0 Å². The van der Waals surface area contributed by atoms with Gasteiger partial charge in [-0.3, -0.25) is 0 Å². The van der Waals surface area contributed by atoms with Gasteiger partial charge in [0.25, 0.3) is 0 Å². The average molecular weight is 274 g/mol. The average Bonchev–Trinajstić information content (AvgIpc) is 3.19. The fourth-order valence-corrected chi connectivity index (χ4v) is 2.98. The number of hydrogen-bond donors (Lipinski definition) is 1. The number of aromatic amines is 1. The minimum atomic E-state index is -0.233. The lowest BCUT2D eigenvalue weighted by atomic mass is 10.1. The molecule has 0 atom stereocenters. The van der Waals surface area contributed by atoms with Crippen LogP contribution >= 0.6 is 0 Å². The number of H-pyrrole nitrogens is 1. The van der Waals surface area contributed by atoms with Crippen molar-refractivity contribution < 1.29 is 9.13 Å². The first-order valence-electron chi connectivity index (χ1n) is 7.39. The topological polar surface area (TPSA) is 28.3 Å². The summed E-state index contributed by atoms with van der Waals surface area (Å²) in [6.45, 7) is 2.08. The van der Waals surface area contributed by atoms with Crippen molar-refractivity contribution in [2.75, 3.05) is 20.1 Å². The van der Waals surface area contributed by atoms with Crippen LogP contribution in [-0.2, 0) is 12.8 Å². The second-order valence-corrected chi connectivity index (χ2v) is 6.03. The van der Waals surface area contributed by atoms with Crippen molar-refractivity contribution in [3.63, 3.8) is 0 Å². The fourth-order valence-electron chi connectivity index (χ4n) is 2.98. The summed E-state index contributed by atoms with van der Waals surface area (Å²) in [4.78, 5) is 5.78. The maximum atomic E-state index is 14.2. The molecule has 0 bridgehead atoms. The third-order valence-corrected chi connectivity index (χ3v) is 4.35. The van der Waals surface area contributed by atoms with Crippen molar-refractivity contribution in [2.24, 2.45) is 0 Å². The first-order chi connectivity index (χ1) is 9.70. The highest BCUT2D eigenvalue weighted by Gasteiger charge is 2.25. The molecule has 0 unspecified atom stereocenters. The Labute approximate surface area is 117 Å². The number of nitrogens with one attached hydrogen (secondary N) is 1. The number of likely N-dealkylation sites (N-methyl/N-ethyl adjacent to an activating group) is 1. The first-order valence-corrected chi connectivity index (χ1v) is 7.39. The molecule has 0 amide bonds. The molecule has 0 saturated heterocycles. The molecule has 1 saturated carbocycles. The highest BCUT2D eigenvalue weighted by molar-refractivity contribution is 5.86. The number of halogens is 1. The summed E-state index contributed by atoms with van der Waals surface area (Å²) >= 11 is 0. The molecule has 1 fully saturated rings. The van der Waals surface area contributed by atoms with Crippen LogP contribution in [0.5, 0.6) is 5.75 Å². The van der Waals surface area contributed by atoms with E-state index in [2.05, 4.69) is 16.9 Å². The van der Waals surface area contributed by atoms with E-state index in [-0.39, 0.29) is 11.9 Å². The van der Waals surface area contributed by atoms with Gasteiger partial charge < -0.3 is 14.6 Å². The van der Waals surface area contributed by atoms with E-state index in [1.807, 2.05) is 6.07 Å². The second kappa shape index (κ2) is 4.48. The van der Waals surface area contributed by atoms with Gasteiger partial charge >= 0.3 is 0 Å². The Hall–Kier alpha value is -1.55. The molecule has 106 valence electrons. The van der Waals surface area contributed by atoms with Crippen molar-refractivity contribution in [3.8, 4) is 5.75 Å². The summed E-state index contributed by atoms with van der Waals surface area (Å²) in [7, 11) is 2.14. The van der Waals surface area contributed by atoms with Gasteiger partial charge in [-0.1, -0.05) is 0 Å².